The topological polar surface area (TPSA) is 71.2 Å². The van der Waals surface area contributed by atoms with E-state index in [1.165, 1.54) is 0 Å². The van der Waals surface area contributed by atoms with Crippen molar-refractivity contribution in [3.05, 3.63) is 53.7 Å². The summed E-state index contributed by atoms with van der Waals surface area (Å²) in [5, 5.41) is 16.0. The first kappa shape index (κ1) is 17.9. The standard InChI is InChI=1S/C20H22N4O2S/c1-14-9-10-15(13-25)12-23(14)20(26)18-21-19(17-8-5-11-27-17)24(22-18)16-6-3-2-4-7-16/h2-8,11,14-15,25H,9-10,12-13H2,1H3/t14-,15-/m1/s1. The minimum Gasteiger partial charge on any atom is -0.396 e. The summed E-state index contributed by atoms with van der Waals surface area (Å²) in [6.45, 7) is 2.69. The van der Waals surface area contributed by atoms with E-state index in [1.807, 2.05) is 54.8 Å². The third kappa shape index (κ3) is 3.52. The summed E-state index contributed by atoms with van der Waals surface area (Å²) >= 11 is 1.57. The molecule has 0 aliphatic carbocycles. The second kappa shape index (κ2) is 7.62. The number of aliphatic hydroxyl groups is 1. The number of aromatic nitrogens is 3. The van der Waals surface area contributed by atoms with Crippen molar-refractivity contribution in [2.75, 3.05) is 13.2 Å². The number of amides is 1. The molecule has 4 rings (SSSR count). The fraction of sp³-hybridized carbons (Fsp3) is 0.350. The van der Waals surface area contributed by atoms with Crippen molar-refractivity contribution < 1.29 is 9.90 Å². The van der Waals surface area contributed by atoms with Crippen molar-refractivity contribution in [3.8, 4) is 16.4 Å². The SMILES string of the molecule is C[C@@H]1CC[C@@H](CO)CN1C(=O)c1nc(-c2cccs2)n(-c2ccccc2)n1. The Balaban J connectivity index is 1.72. The summed E-state index contributed by atoms with van der Waals surface area (Å²) in [4.78, 5) is 20.5. The number of aliphatic hydroxyl groups excluding tert-OH is 1. The molecule has 1 aliphatic heterocycles. The third-order valence-electron chi connectivity index (χ3n) is 5.04. The Morgan fingerprint density at radius 3 is 2.74 bits per heavy atom. The molecule has 140 valence electrons. The fourth-order valence-corrected chi connectivity index (χ4v) is 4.16. The first-order chi connectivity index (χ1) is 13.2. The van der Waals surface area contributed by atoms with Crippen LogP contribution < -0.4 is 0 Å². The summed E-state index contributed by atoms with van der Waals surface area (Å²) in [5.41, 5.74) is 0.868. The number of benzene rings is 1. The van der Waals surface area contributed by atoms with E-state index in [2.05, 4.69) is 10.1 Å². The lowest BCUT2D eigenvalue weighted by Crippen LogP contribution is -2.46. The molecule has 1 aliphatic rings. The van der Waals surface area contributed by atoms with Crippen LogP contribution in [-0.4, -0.2) is 49.9 Å². The maximum Gasteiger partial charge on any atom is 0.293 e. The van der Waals surface area contributed by atoms with Gasteiger partial charge in [0, 0.05) is 19.2 Å². The number of likely N-dealkylation sites (tertiary alicyclic amines) is 1. The predicted octanol–water partition coefficient (Wildman–Crippen LogP) is 3.23. The van der Waals surface area contributed by atoms with Crippen LogP contribution in [-0.2, 0) is 0 Å². The van der Waals surface area contributed by atoms with Crippen LogP contribution in [0.5, 0.6) is 0 Å². The molecule has 1 aromatic carbocycles. The van der Waals surface area contributed by atoms with Gasteiger partial charge in [-0.15, -0.1) is 16.4 Å². The molecule has 6 nitrogen and oxygen atoms in total. The average molecular weight is 382 g/mol. The van der Waals surface area contributed by atoms with E-state index in [1.54, 1.807) is 20.9 Å². The number of para-hydroxylation sites is 1. The van der Waals surface area contributed by atoms with Crippen molar-refractivity contribution in [1.29, 1.82) is 0 Å². The number of hydrogen-bond donors (Lipinski definition) is 1. The van der Waals surface area contributed by atoms with Crippen LogP contribution in [0.1, 0.15) is 30.4 Å². The zero-order chi connectivity index (χ0) is 18.8. The Labute approximate surface area is 162 Å². The Hall–Kier alpha value is -2.51. The van der Waals surface area contributed by atoms with E-state index in [0.717, 1.165) is 23.4 Å². The van der Waals surface area contributed by atoms with Crippen LogP contribution >= 0.6 is 11.3 Å². The van der Waals surface area contributed by atoms with Gasteiger partial charge in [-0.3, -0.25) is 4.79 Å². The highest BCUT2D eigenvalue weighted by molar-refractivity contribution is 7.13. The van der Waals surface area contributed by atoms with Crippen LogP contribution in [0.15, 0.2) is 47.8 Å². The zero-order valence-corrected chi connectivity index (χ0v) is 16.0. The van der Waals surface area contributed by atoms with E-state index in [-0.39, 0.29) is 30.3 Å². The largest absolute Gasteiger partial charge is 0.396 e. The number of carbonyl (C=O) groups excluding carboxylic acids is 1. The molecule has 0 saturated carbocycles. The van der Waals surface area contributed by atoms with Gasteiger partial charge in [-0.25, -0.2) is 9.67 Å². The summed E-state index contributed by atoms with van der Waals surface area (Å²) < 4.78 is 1.73. The highest BCUT2D eigenvalue weighted by atomic mass is 32.1. The number of carbonyl (C=O) groups is 1. The van der Waals surface area contributed by atoms with Gasteiger partial charge in [-0.1, -0.05) is 24.3 Å². The summed E-state index contributed by atoms with van der Waals surface area (Å²) in [7, 11) is 0. The van der Waals surface area contributed by atoms with Gasteiger partial charge in [0.25, 0.3) is 5.91 Å². The van der Waals surface area contributed by atoms with Crippen molar-refractivity contribution in [1.82, 2.24) is 19.7 Å². The first-order valence-electron chi connectivity index (χ1n) is 9.15. The molecule has 1 N–H and O–H groups in total. The maximum atomic E-state index is 13.1. The van der Waals surface area contributed by atoms with Crippen molar-refractivity contribution in [3.63, 3.8) is 0 Å². The molecule has 2 atom stereocenters. The molecule has 0 unspecified atom stereocenters. The van der Waals surface area contributed by atoms with Gasteiger partial charge in [0.05, 0.1) is 10.6 Å². The van der Waals surface area contributed by atoms with Gasteiger partial charge in [-0.05, 0) is 49.3 Å². The second-order valence-electron chi connectivity index (χ2n) is 6.92. The Bertz CT molecular complexity index is 907. The van der Waals surface area contributed by atoms with E-state index in [4.69, 9.17) is 0 Å². The normalized spacial score (nSPS) is 20.0. The summed E-state index contributed by atoms with van der Waals surface area (Å²) in [6.07, 6.45) is 1.82. The predicted molar refractivity (Wildman–Crippen MR) is 105 cm³/mol. The van der Waals surface area contributed by atoms with Gasteiger partial charge in [-0.2, -0.15) is 0 Å². The smallest absolute Gasteiger partial charge is 0.293 e. The number of nitrogens with zero attached hydrogens (tertiary/aromatic N) is 4. The van der Waals surface area contributed by atoms with Gasteiger partial charge in [0.1, 0.15) is 0 Å². The Kier molecular flexibility index (Phi) is 5.05. The molecule has 2 aromatic heterocycles. The molecule has 3 heterocycles. The van der Waals surface area contributed by atoms with Gasteiger partial charge < -0.3 is 10.0 Å². The molecular weight excluding hydrogens is 360 g/mol. The zero-order valence-electron chi connectivity index (χ0n) is 15.2. The molecule has 1 amide bonds. The van der Waals surface area contributed by atoms with E-state index >= 15 is 0 Å². The lowest BCUT2D eigenvalue weighted by atomic mass is 9.94. The summed E-state index contributed by atoms with van der Waals surface area (Å²) in [5.74, 6) is 0.821. The highest BCUT2D eigenvalue weighted by Crippen LogP contribution is 2.27. The molecule has 0 spiro atoms. The van der Waals surface area contributed by atoms with Gasteiger partial charge in [0.15, 0.2) is 5.82 Å². The molecule has 27 heavy (non-hydrogen) atoms. The fourth-order valence-electron chi connectivity index (χ4n) is 3.46. The van der Waals surface area contributed by atoms with Gasteiger partial charge >= 0.3 is 0 Å². The number of rotatable bonds is 4. The maximum absolute atomic E-state index is 13.1. The molecule has 0 bridgehead atoms. The first-order valence-corrected chi connectivity index (χ1v) is 10.0. The van der Waals surface area contributed by atoms with E-state index in [9.17, 15) is 9.90 Å². The number of piperidine rings is 1. The highest BCUT2D eigenvalue weighted by Gasteiger charge is 2.32. The van der Waals surface area contributed by atoms with Crippen LogP contribution in [0.2, 0.25) is 0 Å². The lowest BCUT2D eigenvalue weighted by Gasteiger charge is -2.36. The molecular formula is C20H22N4O2S. The van der Waals surface area contributed by atoms with E-state index in [0.29, 0.717) is 12.4 Å². The average Bonchev–Trinajstić information content (AvgIpc) is 3.38. The van der Waals surface area contributed by atoms with E-state index < -0.39 is 0 Å². The van der Waals surface area contributed by atoms with Crippen LogP contribution in [0, 0.1) is 5.92 Å². The second-order valence-corrected chi connectivity index (χ2v) is 7.86. The van der Waals surface area contributed by atoms with Crippen molar-refractivity contribution in [2.45, 2.75) is 25.8 Å². The molecule has 1 saturated heterocycles. The quantitative estimate of drug-likeness (QED) is 0.752. The van der Waals surface area contributed by atoms with Crippen molar-refractivity contribution >= 4 is 17.2 Å². The van der Waals surface area contributed by atoms with Crippen LogP contribution in [0.25, 0.3) is 16.4 Å². The third-order valence-corrected chi connectivity index (χ3v) is 5.91. The molecule has 1 fully saturated rings. The Morgan fingerprint density at radius 1 is 1.22 bits per heavy atom. The minimum atomic E-state index is -0.173. The summed E-state index contributed by atoms with van der Waals surface area (Å²) in [6, 6.07) is 13.8. The van der Waals surface area contributed by atoms with Crippen LogP contribution in [0.4, 0.5) is 0 Å². The molecule has 0 radical (unpaired) electrons. The van der Waals surface area contributed by atoms with Crippen LogP contribution in [0.3, 0.4) is 0 Å². The van der Waals surface area contributed by atoms with Crippen molar-refractivity contribution in [2.24, 2.45) is 5.92 Å². The lowest BCUT2D eigenvalue weighted by molar-refractivity contribution is 0.0477. The monoisotopic (exact) mass is 382 g/mol. The molecule has 7 heteroatoms. The Morgan fingerprint density at radius 2 is 2.04 bits per heavy atom. The number of thiophene rings is 1. The molecule has 3 aromatic rings. The minimum absolute atomic E-state index is 0.100. The number of hydrogen-bond acceptors (Lipinski definition) is 5. The van der Waals surface area contributed by atoms with Gasteiger partial charge in [0.2, 0.25) is 5.82 Å².